The van der Waals surface area contributed by atoms with Gasteiger partial charge < -0.3 is 10.6 Å². The molecule has 0 heterocycles. The molecule has 1 aromatic carbocycles. The van der Waals surface area contributed by atoms with Crippen molar-refractivity contribution in [3.05, 3.63) is 29.3 Å². The highest BCUT2D eigenvalue weighted by Crippen LogP contribution is 2.20. The van der Waals surface area contributed by atoms with Crippen molar-refractivity contribution >= 4 is 11.6 Å². The van der Waals surface area contributed by atoms with Crippen molar-refractivity contribution in [1.29, 1.82) is 0 Å². The number of nitrogen functional groups attached to an aromatic ring is 1. The molecule has 1 amide bonds. The van der Waals surface area contributed by atoms with Gasteiger partial charge in [-0.3, -0.25) is 4.79 Å². The summed E-state index contributed by atoms with van der Waals surface area (Å²) in [5.41, 5.74) is 4.56. The Hall–Kier alpha value is -1.65. The molecule has 1 aromatic rings. The lowest BCUT2D eigenvalue weighted by Gasteiger charge is -2.23. The third-order valence-corrected chi connectivity index (χ3v) is 2.59. The van der Waals surface area contributed by atoms with Gasteiger partial charge in [0.1, 0.15) is 11.4 Å². The van der Waals surface area contributed by atoms with E-state index >= 15 is 0 Å². The molecule has 0 fully saturated rings. The van der Waals surface area contributed by atoms with Crippen LogP contribution in [0.4, 0.5) is 14.5 Å². The van der Waals surface area contributed by atoms with Gasteiger partial charge in [0, 0.05) is 13.1 Å². The number of hydrogen-bond acceptors (Lipinski definition) is 2. The summed E-state index contributed by atoms with van der Waals surface area (Å²) in [7, 11) is 0. The van der Waals surface area contributed by atoms with Gasteiger partial charge in [-0.2, -0.15) is 0 Å². The smallest absolute Gasteiger partial charge is 0.259 e. The van der Waals surface area contributed by atoms with Crippen LogP contribution in [0.15, 0.2) is 12.1 Å². The number of hydrogen-bond donors (Lipinski definition) is 1. The van der Waals surface area contributed by atoms with Gasteiger partial charge in [-0.1, -0.05) is 13.8 Å². The highest BCUT2D eigenvalue weighted by Gasteiger charge is 2.24. The number of nitrogens with two attached hydrogens (primary N) is 1. The lowest BCUT2D eigenvalue weighted by Crippen LogP contribution is -2.35. The second kappa shape index (κ2) is 5.80. The molecular weight excluding hydrogens is 238 g/mol. The summed E-state index contributed by atoms with van der Waals surface area (Å²) in [6, 6.07) is 2.12. The van der Waals surface area contributed by atoms with Crippen LogP contribution in [0.2, 0.25) is 0 Å². The van der Waals surface area contributed by atoms with E-state index in [1.54, 1.807) is 6.92 Å². The molecule has 0 aromatic heterocycles. The lowest BCUT2D eigenvalue weighted by atomic mass is 10.1. The molecule has 0 aliphatic heterocycles. The number of benzene rings is 1. The molecule has 2 N–H and O–H groups in total. The molecule has 0 saturated carbocycles. The zero-order valence-electron chi connectivity index (χ0n) is 10.8. The van der Waals surface area contributed by atoms with E-state index in [-0.39, 0.29) is 11.6 Å². The maximum absolute atomic E-state index is 13.7. The summed E-state index contributed by atoms with van der Waals surface area (Å²) >= 11 is 0. The van der Waals surface area contributed by atoms with E-state index in [1.807, 2.05) is 13.8 Å². The van der Waals surface area contributed by atoms with Gasteiger partial charge in [0.25, 0.3) is 5.91 Å². The number of nitrogens with zero attached hydrogens (tertiary/aromatic N) is 1. The van der Waals surface area contributed by atoms with Gasteiger partial charge in [0.05, 0.1) is 5.69 Å². The van der Waals surface area contributed by atoms with Crippen LogP contribution in [0.3, 0.4) is 0 Å². The SMILES string of the molecule is CCN(CC(C)C)C(=O)c1c(F)ccc(N)c1F. The average molecular weight is 256 g/mol. The third kappa shape index (κ3) is 2.97. The fourth-order valence-electron chi connectivity index (χ4n) is 1.72. The highest BCUT2D eigenvalue weighted by atomic mass is 19.1. The molecule has 0 spiro atoms. The van der Waals surface area contributed by atoms with Crippen LogP contribution >= 0.6 is 0 Å². The van der Waals surface area contributed by atoms with Gasteiger partial charge in [-0.05, 0) is 25.0 Å². The minimum absolute atomic E-state index is 0.222. The lowest BCUT2D eigenvalue weighted by molar-refractivity contribution is 0.0736. The topological polar surface area (TPSA) is 46.3 Å². The first kappa shape index (κ1) is 14.4. The van der Waals surface area contributed by atoms with Crippen molar-refractivity contribution in [2.75, 3.05) is 18.8 Å². The molecule has 0 unspecified atom stereocenters. The maximum Gasteiger partial charge on any atom is 0.259 e. The first-order chi connectivity index (χ1) is 8.38. The fourth-order valence-corrected chi connectivity index (χ4v) is 1.72. The van der Waals surface area contributed by atoms with Crippen LogP contribution in [-0.2, 0) is 0 Å². The van der Waals surface area contributed by atoms with Gasteiger partial charge >= 0.3 is 0 Å². The molecule has 0 aliphatic rings. The summed E-state index contributed by atoms with van der Waals surface area (Å²) in [6.45, 7) is 6.47. The Kier molecular flexibility index (Phi) is 4.64. The molecule has 0 radical (unpaired) electrons. The molecule has 18 heavy (non-hydrogen) atoms. The van der Waals surface area contributed by atoms with Crippen molar-refractivity contribution in [3.63, 3.8) is 0 Å². The van der Waals surface area contributed by atoms with E-state index in [9.17, 15) is 13.6 Å². The molecule has 0 bridgehead atoms. The number of carbonyl (C=O) groups is 1. The zero-order valence-corrected chi connectivity index (χ0v) is 10.8. The van der Waals surface area contributed by atoms with Crippen molar-refractivity contribution < 1.29 is 13.6 Å². The second-order valence-corrected chi connectivity index (χ2v) is 4.56. The van der Waals surface area contributed by atoms with Crippen molar-refractivity contribution in [1.82, 2.24) is 4.90 Å². The molecule has 5 heteroatoms. The minimum atomic E-state index is -0.984. The van der Waals surface area contributed by atoms with Crippen LogP contribution in [-0.4, -0.2) is 23.9 Å². The quantitative estimate of drug-likeness (QED) is 0.842. The first-order valence-corrected chi connectivity index (χ1v) is 5.91. The summed E-state index contributed by atoms with van der Waals surface area (Å²) in [6.07, 6.45) is 0. The molecule has 0 atom stereocenters. The number of rotatable bonds is 4. The highest BCUT2D eigenvalue weighted by molar-refractivity contribution is 5.95. The second-order valence-electron chi connectivity index (χ2n) is 4.56. The van der Waals surface area contributed by atoms with E-state index in [0.717, 1.165) is 12.1 Å². The van der Waals surface area contributed by atoms with Crippen LogP contribution in [0.1, 0.15) is 31.1 Å². The Balaban J connectivity index is 3.13. The van der Waals surface area contributed by atoms with Crippen LogP contribution in [0.25, 0.3) is 0 Å². The average Bonchev–Trinajstić information content (AvgIpc) is 2.31. The van der Waals surface area contributed by atoms with Crippen molar-refractivity contribution in [2.24, 2.45) is 5.92 Å². The van der Waals surface area contributed by atoms with E-state index < -0.39 is 23.1 Å². The molecule has 100 valence electrons. The van der Waals surface area contributed by atoms with E-state index in [2.05, 4.69) is 0 Å². The van der Waals surface area contributed by atoms with Crippen molar-refractivity contribution in [3.8, 4) is 0 Å². The Morgan fingerprint density at radius 1 is 1.39 bits per heavy atom. The Morgan fingerprint density at radius 2 is 2.00 bits per heavy atom. The summed E-state index contributed by atoms with van der Waals surface area (Å²) in [5.74, 6) is -2.30. The third-order valence-electron chi connectivity index (χ3n) is 2.59. The molecule has 3 nitrogen and oxygen atoms in total. The minimum Gasteiger partial charge on any atom is -0.396 e. The van der Waals surface area contributed by atoms with Crippen molar-refractivity contribution in [2.45, 2.75) is 20.8 Å². The first-order valence-electron chi connectivity index (χ1n) is 5.91. The number of carbonyl (C=O) groups excluding carboxylic acids is 1. The fraction of sp³-hybridized carbons (Fsp3) is 0.462. The predicted octanol–water partition coefficient (Wildman–Crippen LogP) is 2.67. The maximum atomic E-state index is 13.7. The Bertz CT molecular complexity index is 447. The van der Waals surface area contributed by atoms with Crippen LogP contribution in [0.5, 0.6) is 0 Å². The van der Waals surface area contributed by atoms with Gasteiger partial charge in [-0.15, -0.1) is 0 Å². The number of anilines is 1. The van der Waals surface area contributed by atoms with Gasteiger partial charge in [0.15, 0.2) is 5.82 Å². The van der Waals surface area contributed by atoms with E-state index in [1.165, 1.54) is 4.90 Å². The zero-order chi connectivity index (χ0) is 13.9. The van der Waals surface area contributed by atoms with E-state index in [4.69, 9.17) is 5.73 Å². The van der Waals surface area contributed by atoms with Crippen LogP contribution < -0.4 is 5.73 Å². The van der Waals surface area contributed by atoms with Gasteiger partial charge in [0.2, 0.25) is 0 Å². The van der Waals surface area contributed by atoms with Gasteiger partial charge in [-0.25, -0.2) is 8.78 Å². The predicted molar refractivity (Wildman–Crippen MR) is 67.2 cm³/mol. The summed E-state index contributed by atoms with van der Waals surface area (Å²) in [5, 5.41) is 0. The Labute approximate surface area is 106 Å². The number of amides is 1. The number of halogens is 2. The molecule has 0 saturated heterocycles. The molecular formula is C13H18F2N2O. The van der Waals surface area contributed by atoms with Crippen LogP contribution in [0, 0.1) is 17.6 Å². The molecule has 1 rings (SSSR count). The normalized spacial score (nSPS) is 10.8. The monoisotopic (exact) mass is 256 g/mol. The Morgan fingerprint density at radius 3 is 2.50 bits per heavy atom. The summed E-state index contributed by atoms with van der Waals surface area (Å²) < 4.78 is 27.3. The summed E-state index contributed by atoms with van der Waals surface area (Å²) in [4.78, 5) is 13.5. The largest absolute Gasteiger partial charge is 0.396 e. The standard InChI is InChI=1S/C13H18F2N2O/c1-4-17(7-8(2)3)13(18)11-9(14)5-6-10(16)12(11)15/h5-6,8H,4,7,16H2,1-3H3. The van der Waals surface area contributed by atoms with E-state index in [0.29, 0.717) is 13.1 Å². The molecule has 0 aliphatic carbocycles.